The Kier molecular flexibility index (Phi) is 7.13. The summed E-state index contributed by atoms with van der Waals surface area (Å²) in [5, 5.41) is 5.73. The Morgan fingerprint density at radius 1 is 1.19 bits per heavy atom. The van der Waals surface area contributed by atoms with Crippen LogP contribution in [0.5, 0.6) is 0 Å². The first-order valence-corrected chi connectivity index (χ1v) is 10.7. The van der Waals surface area contributed by atoms with Gasteiger partial charge < -0.3 is 10.2 Å². The van der Waals surface area contributed by atoms with E-state index >= 15 is 0 Å². The van der Waals surface area contributed by atoms with Crippen LogP contribution in [0.4, 0.5) is 0 Å². The predicted octanol–water partition coefficient (Wildman–Crippen LogP) is 3.43. The first kappa shape index (κ1) is 21.9. The van der Waals surface area contributed by atoms with Crippen LogP contribution in [-0.2, 0) is 16.4 Å². The average Bonchev–Trinajstić information content (AvgIpc) is 2.61. The van der Waals surface area contributed by atoms with E-state index in [1.165, 1.54) is 10.8 Å². The minimum atomic E-state index is -3.06. The zero-order chi connectivity index (χ0) is 18.8. The lowest BCUT2D eigenvalue weighted by Gasteiger charge is -2.39. The number of hydrogen-bond donors (Lipinski definition) is 1. The van der Waals surface area contributed by atoms with E-state index in [1.807, 2.05) is 19.1 Å². The largest absolute Gasteiger partial charge is 0.357 e. The normalized spacial score (nSPS) is 18.8. The molecule has 2 aromatic rings. The highest BCUT2D eigenvalue weighted by Gasteiger charge is 2.40. The van der Waals surface area contributed by atoms with Crippen LogP contribution in [-0.4, -0.2) is 49.4 Å². The van der Waals surface area contributed by atoms with Gasteiger partial charge in [0.15, 0.2) is 15.8 Å². The van der Waals surface area contributed by atoms with Gasteiger partial charge in [-0.15, -0.1) is 24.0 Å². The molecular formula is C20H28IN3O2S. The van der Waals surface area contributed by atoms with Crippen molar-refractivity contribution in [3.8, 4) is 0 Å². The molecule has 1 aliphatic rings. The lowest BCUT2D eigenvalue weighted by molar-refractivity contribution is 0.353. The zero-order valence-electron chi connectivity index (χ0n) is 16.1. The number of halogens is 1. The molecule has 148 valence electrons. The molecule has 0 spiro atoms. The maximum Gasteiger partial charge on any atom is 0.194 e. The lowest BCUT2D eigenvalue weighted by atomic mass is 10.1. The first-order chi connectivity index (χ1) is 12.3. The number of benzene rings is 2. The molecule has 3 rings (SSSR count). The van der Waals surface area contributed by atoms with Gasteiger partial charge in [-0.1, -0.05) is 36.4 Å². The molecule has 2 aromatic carbocycles. The van der Waals surface area contributed by atoms with Gasteiger partial charge in [-0.25, -0.2) is 13.4 Å². The number of fused-ring (bicyclic) bond motifs is 1. The summed E-state index contributed by atoms with van der Waals surface area (Å²) in [6.45, 7) is 7.87. The van der Waals surface area contributed by atoms with Crippen molar-refractivity contribution in [2.75, 3.05) is 25.4 Å². The Hall–Kier alpha value is -1.35. The standard InChI is InChI=1S/C20H27N3O2S.HI/c1-4-21-19(23-11-12-26(24,25)20(2,3)15-23)22-14-16-9-10-17-7-5-6-8-18(17)13-16;/h5-10,13H,4,11-12,14-15H2,1-3H3,(H,21,22);1H. The van der Waals surface area contributed by atoms with E-state index in [2.05, 4.69) is 40.5 Å². The molecule has 1 saturated heterocycles. The van der Waals surface area contributed by atoms with Crippen LogP contribution in [0.15, 0.2) is 47.5 Å². The average molecular weight is 501 g/mol. The van der Waals surface area contributed by atoms with Crippen molar-refractivity contribution in [2.24, 2.45) is 4.99 Å². The van der Waals surface area contributed by atoms with E-state index in [1.54, 1.807) is 13.8 Å². The van der Waals surface area contributed by atoms with Crippen molar-refractivity contribution in [1.29, 1.82) is 0 Å². The van der Waals surface area contributed by atoms with Crippen molar-refractivity contribution in [2.45, 2.75) is 32.1 Å². The van der Waals surface area contributed by atoms with Crippen LogP contribution in [0.1, 0.15) is 26.3 Å². The first-order valence-electron chi connectivity index (χ1n) is 9.06. The van der Waals surface area contributed by atoms with Crippen LogP contribution < -0.4 is 5.32 Å². The van der Waals surface area contributed by atoms with Gasteiger partial charge in [-0.3, -0.25) is 0 Å². The summed E-state index contributed by atoms with van der Waals surface area (Å²) in [4.78, 5) is 6.83. The molecule has 0 amide bonds. The number of aliphatic imine (C=N–C) groups is 1. The molecule has 1 heterocycles. The maximum absolute atomic E-state index is 12.2. The number of rotatable bonds is 3. The highest BCUT2D eigenvalue weighted by atomic mass is 127. The van der Waals surface area contributed by atoms with Gasteiger partial charge in [0.2, 0.25) is 0 Å². The number of nitrogens with zero attached hydrogens (tertiary/aromatic N) is 2. The Balaban J connectivity index is 0.00000261. The Bertz CT molecular complexity index is 926. The van der Waals surface area contributed by atoms with Crippen LogP contribution >= 0.6 is 24.0 Å². The number of hydrogen-bond acceptors (Lipinski definition) is 3. The van der Waals surface area contributed by atoms with E-state index in [9.17, 15) is 8.42 Å². The second-order valence-electron chi connectivity index (χ2n) is 7.35. The molecule has 7 heteroatoms. The van der Waals surface area contributed by atoms with Gasteiger partial charge in [-0.05, 0) is 43.2 Å². The molecule has 5 nitrogen and oxygen atoms in total. The molecule has 1 N–H and O–H groups in total. The summed E-state index contributed by atoms with van der Waals surface area (Å²) in [5.41, 5.74) is 1.14. The van der Waals surface area contributed by atoms with Gasteiger partial charge in [0, 0.05) is 19.6 Å². The summed E-state index contributed by atoms with van der Waals surface area (Å²) < 4.78 is 23.7. The zero-order valence-corrected chi connectivity index (χ0v) is 19.3. The summed E-state index contributed by atoms with van der Waals surface area (Å²) >= 11 is 0. The fourth-order valence-electron chi connectivity index (χ4n) is 3.25. The van der Waals surface area contributed by atoms with E-state index in [0.717, 1.165) is 18.1 Å². The molecule has 0 aromatic heterocycles. The number of guanidine groups is 1. The van der Waals surface area contributed by atoms with Crippen LogP contribution in [0.2, 0.25) is 0 Å². The van der Waals surface area contributed by atoms with E-state index in [-0.39, 0.29) is 29.7 Å². The fourth-order valence-corrected chi connectivity index (χ4v) is 4.62. The molecular weight excluding hydrogens is 473 g/mol. The highest BCUT2D eigenvalue weighted by Crippen LogP contribution is 2.24. The van der Waals surface area contributed by atoms with Gasteiger partial charge in [0.1, 0.15) is 0 Å². The molecule has 0 aliphatic carbocycles. The number of nitrogens with one attached hydrogen (secondary N) is 1. The minimum absolute atomic E-state index is 0. The molecule has 27 heavy (non-hydrogen) atoms. The summed E-state index contributed by atoms with van der Waals surface area (Å²) in [6, 6.07) is 14.6. The second kappa shape index (κ2) is 8.77. The van der Waals surface area contributed by atoms with Gasteiger partial charge in [-0.2, -0.15) is 0 Å². The Morgan fingerprint density at radius 2 is 1.89 bits per heavy atom. The third-order valence-corrected chi connectivity index (χ3v) is 7.44. The smallest absolute Gasteiger partial charge is 0.194 e. The second-order valence-corrected chi connectivity index (χ2v) is 10.1. The summed E-state index contributed by atoms with van der Waals surface area (Å²) in [6.07, 6.45) is 0. The van der Waals surface area contributed by atoms with Crippen molar-refractivity contribution in [1.82, 2.24) is 10.2 Å². The molecule has 0 saturated carbocycles. The molecule has 0 unspecified atom stereocenters. The SMILES string of the molecule is CCNC(=NCc1ccc2ccccc2c1)N1CCS(=O)(=O)C(C)(C)C1.I. The van der Waals surface area contributed by atoms with Crippen molar-refractivity contribution < 1.29 is 8.42 Å². The van der Waals surface area contributed by atoms with Crippen molar-refractivity contribution in [3.05, 3.63) is 48.0 Å². The molecule has 1 aliphatic heterocycles. The highest BCUT2D eigenvalue weighted by molar-refractivity contribution is 14.0. The topological polar surface area (TPSA) is 61.8 Å². The molecule has 1 fully saturated rings. The van der Waals surface area contributed by atoms with E-state index in [0.29, 0.717) is 19.6 Å². The summed E-state index contributed by atoms with van der Waals surface area (Å²) in [7, 11) is -3.06. The molecule has 0 radical (unpaired) electrons. The van der Waals surface area contributed by atoms with E-state index in [4.69, 9.17) is 4.99 Å². The van der Waals surface area contributed by atoms with Gasteiger partial charge in [0.25, 0.3) is 0 Å². The quantitative estimate of drug-likeness (QED) is 0.398. The predicted molar refractivity (Wildman–Crippen MR) is 124 cm³/mol. The maximum atomic E-state index is 12.2. The summed E-state index contributed by atoms with van der Waals surface area (Å²) in [5.74, 6) is 0.948. The number of sulfone groups is 1. The molecule has 0 bridgehead atoms. The van der Waals surface area contributed by atoms with Crippen LogP contribution in [0, 0.1) is 0 Å². The minimum Gasteiger partial charge on any atom is -0.357 e. The Labute approximate surface area is 179 Å². The van der Waals surface area contributed by atoms with Crippen LogP contribution in [0.25, 0.3) is 10.8 Å². The van der Waals surface area contributed by atoms with Crippen molar-refractivity contribution >= 4 is 50.5 Å². The van der Waals surface area contributed by atoms with Crippen molar-refractivity contribution in [3.63, 3.8) is 0 Å². The monoisotopic (exact) mass is 501 g/mol. The van der Waals surface area contributed by atoms with Gasteiger partial charge >= 0.3 is 0 Å². The fraction of sp³-hybridized carbons (Fsp3) is 0.450. The Morgan fingerprint density at radius 3 is 2.56 bits per heavy atom. The third kappa shape index (κ3) is 4.93. The van der Waals surface area contributed by atoms with Crippen LogP contribution in [0.3, 0.4) is 0 Å². The van der Waals surface area contributed by atoms with Gasteiger partial charge in [0.05, 0.1) is 17.0 Å². The molecule has 0 atom stereocenters. The van der Waals surface area contributed by atoms with E-state index < -0.39 is 14.6 Å². The third-order valence-electron chi connectivity index (χ3n) is 4.90. The lowest BCUT2D eigenvalue weighted by Crippen LogP contribution is -2.57.